The molecule has 2 aromatic rings. The van der Waals surface area contributed by atoms with Crippen LogP contribution in [0.1, 0.15) is 15.9 Å². The number of aromatic carboxylic acids is 1. The van der Waals surface area contributed by atoms with Crippen LogP contribution in [0.4, 0.5) is 0 Å². The molecule has 2 rings (SSSR count). The average Bonchev–Trinajstić information content (AvgIpc) is 2.33. The summed E-state index contributed by atoms with van der Waals surface area (Å²) in [6, 6.07) is 6.81. The molecule has 4 nitrogen and oxygen atoms in total. The van der Waals surface area contributed by atoms with Crippen LogP contribution in [0.2, 0.25) is 5.15 Å². The molecule has 0 aliphatic carbocycles. The van der Waals surface area contributed by atoms with Gasteiger partial charge in [-0.25, -0.2) is 9.78 Å². The third kappa shape index (κ3) is 2.26. The minimum Gasteiger partial charge on any atom is -0.478 e. The SMILES string of the molecule is Cc1c(C(=O)O)cc(-c2ccccn2)nc1Cl. The molecule has 0 radical (unpaired) electrons. The monoisotopic (exact) mass is 248 g/mol. The van der Waals surface area contributed by atoms with Gasteiger partial charge < -0.3 is 5.11 Å². The standard InChI is InChI=1S/C12H9ClN2O2/c1-7-8(12(16)17)6-10(15-11(7)13)9-4-2-3-5-14-9/h2-6H,1H3,(H,16,17). The number of nitrogens with zero attached hydrogens (tertiary/aromatic N) is 2. The van der Waals surface area contributed by atoms with Crippen LogP contribution in [0.5, 0.6) is 0 Å². The number of hydrogen-bond donors (Lipinski definition) is 1. The zero-order valence-corrected chi connectivity index (χ0v) is 9.77. The summed E-state index contributed by atoms with van der Waals surface area (Å²) in [6.45, 7) is 1.63. The lowest BCUT2D eigenvalue weighted by atomic mass is 10.1. The Bertz CT molecular complexity index is 570. The van der Waals surface area contributed by atoms with Gasteiger partial charge in [0.25, 0.3) is 0 Å². The largest absolute Gasteiger partial charge is 0.478 e. The Morgan fingerprint density at radius 3 is 2.71 bits per heavy atom. The first-order valence-corrected chi connectivity index (χ1v) is 5.29. The van der Waals surface area contributed by atoms with E-state index in [1.54, 1.807) is 31.3 Å². The molecular formula is C12H9ClN2O2. The van der Waals surface area contributed by atoms with E-state index < -0.39 is 5.97 Å². The molecule has 0 aromatic carbocycles. The van der Waals surface area contributed by atoms with E-state index in [0.717, 1.165) is 0 Å². The molecule has 0 amide bonds. The van der Waals surface area contributed by atoms with Crippen molar-refractivity contribution in [3.05, 3.63) is 46.7 Å². The molecule has 0 atom stereocenters. The molecule has 5 heteroatoms. The van der Waals surface area contributed by atoms with Gasteiger partial charge in [-0.15, -0.1) is 0 Å². The molecule has 0 spiro atoms. The maximum atomic E-state index is 11.1. The van der Waals surface area contributed by atoms with Crippen molar-refractivity contribution in [3.8, 4) is 11.4 Å². The summed E-state index contributed by atoms with van der Waals surface area (Å²) in [5.74, 6) is -1.02. The predicted octanol–water partition coefficient (Wildman–Crippen LogP) is 2.80. The second-order valence-electron chi connectivity index (χ2n) is 3.49. The predicted molar refractivity (Wildman–Crippen MR) is 64.2 cm³/mol. The van der Waals surface area contributed by atoms with Crippen LogP contribution in [0.25, 0.3) is 11.4 Å². The van der Waals surface area contributed by atoms with Crippen molar-refractivity contribution in [1.29, 1.82) is 0 Å². The van der Waals surface area contributed by atoms with Gasteiger partial charge in [0.15, 0.2) is 0 Å². The molecule has 86 valence electrons. The van der Waals surface area contributed by atoms with Gasteiger partial charge in [-0.1, -0.05) is 17.7 Å². The fraction of sp³-hybridized carbons (Fsp3) is 0.0833. The van der Waals surface area contributed by atoms with Crippen LogP contribution in [0, 0.1) is 6.92 Å². The summed E-state index contributed by atoms with van der Waals surface area (Å²) in [7, 11) is 0. The van der Waals surface area contributed by atoms with E-state index in [4.69, 9.17) is 16.7 Å². The van der Waals surface area contributed by atoms with Gasteiger partial charge in [0, 0.05) is 11.8 Å². The molecule has 2 aromatic heterocycles. The summed E-state index contributed by atoms with van der Waals surface area (Å²) < 4.78 is 0. The smallest absolute Gasteiger partial charge is 0.336 e. The van der Waals surface area contributed by atoms with Gasteiger partial charge in [0.2, 0.25) is 0 Å². The van der Waals surface area contributed by atoms with E-state index >= 15 is 0 Å². The number of carboxylic acid groups (broad SMARTS) is 1. The van der Waals surface area contributed by atoms with Crippen LogP contribution in [0.15, 0.2) is 30.5 Å². The van der Waals surface area contributed by atoms with Crippen molar-refractivity contribution in [3.63, 3.8) is 0 Å². The van der Waals surface area contributed by atoms with Crippen LogP contribution in [-0.4, -0.2) is 21.0 Å². The molecule has 2 heterocycles. The van der Waals surface area contributed by atoms with Gasteiger partial charge in [0.05, 0.1) is 17.0 Å². The second-order valence-corrected chi connectivity index (χ2v) is 3.85. The fourth-order valence-corrected chi connectivity index (χ4v) is 1.64. The van der Waals surface area contributed by atoms with Crippen LogP contribution in [-0.2, 0) is 0 Å². The second kappa shape index (κ2) is 4.51. The van der Waals surface area contributed by atoms with E-state index in [-0.39, 0.29) is 10.7 Å². The van der Waals surface area contributed by atoms with Gasteiger partial charge in [-0.3, -0.25) is 4.98 Å². The van der Waals surface area contributed by atoms with E-state index in [2.05, 4.69) is 9.97 Å². The molecule has 0 fully saturated rings. The number of pyridine rings is 2. The first-order valence-electron chi connectivity index (χ1n) is 4.91. The number of rotatable bonds is 2. The molecular weight excluding hydrogens is 240 g/mol. The first kappa shape index (κ1) is 11.5. The van der Waals surface area contributed by atoms with Crippen molar-refractivity contribution in [1.82, 2.24) is 9.97 Å². The Hall–Kier alpha value is -1.94. The number of hydrogen-bond acceptors (Lipinski definition) is 3. The van der Waals surface area contributed by atoms with Crippen molar-refractivity contribution in [2.24, 2.45) is 0 Å². The Morgan fingerprint density at radius 2 is 2.12 bits per heavy atom. The van der Waals surface area contributed by atoms with E-state index in [1.165, 1.54) is 6.07 Å². The van der Waals surface area contributed by atoms with Gasteiger partial charge >= 0.3 is 5.97 Å². The van der Waals surface area contributed by atoms with Gasteiger partial charge in [-0.05, 0) is 25.1 Å². The van der Waals surface area contributed by atoms with Crippen molar-refractivity contribution >= 4 is 17.6 Å². The number of carbonyl (C=O) groups is 1. The quantitative estimate of drug-likeness (QED) is 0.830. The summed E-state index contributed by atoms with van der Waals surface area (Å²) in [5.41, 5.74) is 1.65. The lowest BCUT2D eigenvalue weighted by Crippen LogP contribution is -2.03. The summed E-state index contributed by atoms with van der Waals surface area (Å²) >= 11 is 5.91. The number of carboxylic acids is 1. The first-order chi connectivity index (χ1) is 8.09. The third-order valence-electron chi connectivity index (χ3n) is 2.37. The molecule has 0 unspecified atom stereocenters. The Balaban J connectivity index is 2.61. The fourth-order valence-electron chi connectivity index (χ4n) is 1.45. The van der Waals surface area contributed by atoms with Crippen LogP contribution < -0.4 is 0 Å². The Labute approximate surface area is 103 Å². The Kier molecular flexibility index (Phi) is 3.06. The average molecular weight is 249 g/mol. The van der Waals surface area contributed by atoms with E-state index in [1.807, 2.05) is 0 Å². The van der Waals surface area contributed by atoms with E-state index in [9.17, 15) is 4.79 Å². The maximum Gasteiger partial charge on any atom is 0.336 e. The Morgan fingerprint density at radius 1 is 1.35 bits per heavy atom. The van der Waals surface area contributed by atoms with Crippen molar-refractivity contribution < 1.29 is 9.90 Å². The van der Waals surface area contributed by atoms with Crippen molar-refractivity contribution in [2.45, 2.75) is 6.92 Å². The zero-order chi connectivity index (χ0) is 12.4. The highest BCUT2D eigenvalue weighted by molar-refractivity contribution is 6.30. The minimum atomic E-state index is -1.02. The van der Waals surface area contributed by atoms with Gasteiger partial charge in [0.1, 0.15) is 5.15 Å². The van der Waals surface area contributed by atoms with Crippen LogP contribution >= 0.6 is 11.6 Å². The highest BCUT2D eigenvalue weighted by atomic mass is 35.5. The zero-order valence-electron chi connectivity index (χ0n) is 9.01. The highest BCUT2D eigenvalue weighted by Gasteiger charge is 2.14. The number of halogens is 1. The minimum absolute atomic E-state index is 0.144. The molecule has 0 saturated carbocycles. The lowest BCUT2D eigenvalue weighted by molar-refractivity contribution is 0.0696. The van der Waals surface area contributed by atoms with Gasteiger partial charge in [-0.2, -0.15) is 0 Å². The summed E-state index contributed by atoms with van der Waals surface area (Å²) in [6.07, 6.45) is 1.62. The highest BCUT2D eigenvalue weighted by Crippen LogP contribution is 2.23. The normalized spacial score (nSPS) is 10.2. The summed E-state index contributed by atoms with van der Waals surface area (Å²) in [5, 5.41) is 9.24. The maximum absolute atomic E-state index is 11.1. The molecule has 0 aliphatic rings. The third-order valence-corrected chi connectivity index (χ3v) is 2.74. The molecule has 1 N–H and O–H groups in total. The number of aromatic nitrogens is 2. The summed E-state index contributed by atoms with van der Waals surface area (Å²) in [4.78, 5) is 19.3. The lowest BCUT2D eigenvalue weighted by Gasteiger charge is -2.06. The molecule has 0 aliphatic heterocycles. The van der Waals surface area contributed by atoms with Crippen LogP contribution in [0.3, 0.4) is 0 Å². The molecule has 0 bridgehead atoms. The molecule has 17 heavy (non-hydrogen) atoms. The van der Waals surface area contributed by atoms with Crippen molar-refractivity contribution in [2.75, 3.05) is 0 Å². The molecule has 0 saturated heterocycles. The van der Waals surface area contributed by atoms with E-state index in [0.29, 0.717) is 17.0 Å². The topological polar surface area (TPSA) is 63.1 Å².